The summed E-state index contributed by atoms with van der Waals surface area (Å²) in [6.45, 7) is 2.78. The molecule has 1 atom stereocenters. The van der Waals surface area contributed by atoms with E-state index in [-0.39, 0.29) is 0 Å². The summed E-state index contributed by atoms with van der Waals surface area (Å²) in [5.41, 5.74) is 6.82. The Bertz CT molecular complexity index is 414. The van der Waals surface area contributed by atoms with Crippen LogP contribution in [-0.4, -0.2) is 24.6 Å². The Hall–Kier alpha value is -1.48. The fourth-order valence-corrected chi connectivity index (χ4v) is 1.64. The summed E-state index contributed by atoms with van der Waals surface area (Å²) < 4.78 is 0. The van der Waals surface area contributed by atoms with Gasteiger partial charge in [-0.05, 0) is 19.1 Å². The summed E-state index contributed by atoms with van der Waals surface area (Å²) in [5.74, 6) is 1.12. The number of nitrogens with two attached hydrogens (primary N) is 1. The van der Waals surface area contributed by atoms with Gasteiger partial charge in [0.05, 0.1) is 0 Å². The smallest absolute Gasteiger partial charge is 0.106 e. The lowest BCUT2D eigenvalue weighted by Crippen LogP contribution is -2.35. The van der Waals surface area contributed by atoms with Gasteiger partial charge in [0.15, 0.2) is 0 Å². The number of benzene rings is 1. The number of nitrogens with one attached hydrogen (secondary N) is 1. The molecule has 0 spiro atoms. The molecular weight excluding hydrogens is 186 g/mol. The molecule has 0 saturated carbocycles. The molecule has 0 radical (unpaired) electrons. The first-order valence-electron chi connectivity index (χ1n) is 5.23. The highest BCUT2D eigenvalue weighted by Gasteiger charge is 2.10. The largest absolute Gasteiger partial charge is 0.357 e. The number of H-pyrrole nitrogens is 1. The van der Waals surface area contributed by atoms with E-state index in [9.17, 15) is 0 Å². The third kappa shape index (κ3) is 1.83. The number of aromatic nitrogens is 1. The summed E-state index contributed by atoms with van der Waals surface area (Å²) in [6.07, 6.45) is 0. The third-order valence-electron chi connectivity index (χ3n) is 2.90. The zero-order valence-corrected chi connectivity index (χ0v) is 9.20. The summed E-state index contributed by atoms with van der Waals surface area (Å²) in [7, 11) is 2.06. The minimum Gasteiger partial charge on any atom is -0.357 e. The van der Waals surface area contributed by atoms with Gasteiger partial charge in [-0.15, -0.1) is 0 Å². The molecule has 1 aromatic heterocycles. The lowest BCUT2D eigenvalue weighted by Gasteiger charge is -2.23. The number of aromatic amines is 1. The van der Waals surface area contributed by atoms with Crippen molar-refractivity contribution in [2.75, 3.05) is 18.5 Å². The molecule has 0 aliphatic rings. The van der Waals surface area contributed by atoms with E-state index in [0.29, 0.717) is 12.6 Å². The Morgan fingerprint density at radius 3 is 2.80 bits per heavy atom. The molecule has 2 aromatic rings. The summed E-state index contributed by atoms with van der Waals surface area (Å²) in [5, 5.41) is 1.24. The molecular formula is C12H17N3. The monoisotopic (exact) mass is 203 g/mol. The highest BCUT2D eigenvalue weighted by atomic mass is 15.2. The van der Waals surface area contributed by atoms with Crippen LogP contribution in [0.25, 0.3) is 10.9 Å². The van der Waals surface area contributed by atoms with Gasteiger partial charge in [-0.3, -0.25) is 0 Å². The molecule has 1 heterocycles. The first-order chi connectivity index (χ1) is 7.22. The Morgan fingerprint density at radius 2 is 2.13 bits per heavy atom. The van der Waals surface area contributed by atoms with Crippen molar-refractivity contribution in [2.45, 2.75) is 13.0 Å². The van der Waals surface area contributed by atoms with Gasteiger partial charge in [0.25, 0.3) is 0 Å². The van der Waals surface area contributed by atoms with Crippen LogP contribution >= 0.6 is 0 Å². The first kappa shape index (κ1) is 10.1. The van der Waals surface area contributed by atoms with Gasteiger partial charge in [0.2, 0.25) is 0 Å². The van der Waals surface area contributed by atoms with Gasteiger partial charge in [0, 0.05) is 30.5 Å². The molecule has 0 fully saturated rings. The standard InChI is InChI=1S/C12H17N3/c1-9(8-13)15(2)12-7-10-5-3-4-6-11(10)14-12/h3-7,9,14H,8,13H2,1-2H3. The molecule has 0 bridgehead atoms. The van der Waals surface area contributed by atoms with Crippen LogP contribution in [-0.2, 0) is 0 Å². The Labute approximate surface area is 89.9 Å². The zero-order valence-electron chi connectivity index (χ0n) is 9.20. The molecule has 0 amide bonds. The van der Waals surface area contributed by atoms with E-state index in [4.69, 9.17) is 5.73 Å². The van der Waals surface area contributed by atoms with Gasteiger partial charge >= 0.3 is 0 Å². The maximum Gasteiger partial charge on any atom is 0.106 e. The fourth-order valence-electron chi connectivity index (χ4n) is 1.64. The van der Waals surface area contributed by atoms with E-state index in [0.717, 1.165) is 5.82 Å². The highest BCUT2D eigenvalue weighted by molar-refractivity contribution is 5.83. The minimum absolute atomic E-state index is 0.345. The van der Waals surface area contributed by atoms with Crippen molar-refractivity contribution >= 4 is 16.7 Å². The number of hydrogen-bond donors (Lipinski definition) is 2. The lowest BCUT2D eigenvalue weighted by molar-refractivity contribution is 0.690. The van der Waals surface area contributed by atoms with Crippen LogP contribution < -0.4 is 10.6 Å². The minimum atomic E-state index is 0.345. The maximum absolute atomic E-state index is 5.65. The lowest BCUT2D eigenvalue weighted by atomic mass is 10.2. The Morgan fingerprint density at radius 1 is 1.40 bits per heavy atom. The normalized spacial score (nSPS) is 13.0. The summed E-state index contributed by atoms with van der Waals surface area (Å²) in [4.78, 5) is 5.55. The molecule has 0 saturated heterocycles. The van der Waals surface area contributed by atoms with E-state index in [2.05, 4.69) is 42.1 Å². The van der Waals surface area contributed by atoms with Crippen molar-refractivity contribution < 1.29 is 0 Å². The molecule has 0 aliphatic heterocycles. The third-order valence-corrected chi connectivity index (χ3v) is 2.90. The number of nitrogens with zero attached hydrogens (tertiary/aromatic N) is 1. The maximum atomic E-state index is 5.65. The second-order valence-corrected chi connectivity index (χ2v) is 3.94. The van der Waals surface area contributed by atoms with Crippen LogP contribution in [0.2, 0.25) is 0 Å². The van der Waals surface area contributed by atoms with Crippen molar-refractivity contribution in [1.82, 2.24) is 4.98 Å². The number of anilines is 1. The topological polar surface area (TPSA) is 45.0 Å². The highest BCUT2D eigenvalue weighted by Crippen LogP contribution is 2.21. The van der Waals surface area contributed by atoms with Crippen LogP contribution in [0.3, 0.4) is 0 Å². The first-order valence-corrected chi connectivity index (χ1v) is 5.23. The van der Waals surface area contributed by atoms with Crippen LogP contribution in [0.1, 0.15) is 6.92 Å². The second kappa shape index (κ2) is 3.95. The molecule has 80 valence electrons. The van der Waals surface area contributed by atoms with E-state index in [1.54, 1.807) is 0 Å². The van der Waals surface area contributed by atoms with Gasteiger partial charge in [0.1, 0.15) is 5.82 Å². The van der Waals surface area contributed by atoms with Gasteiger partial charge in [-0.25, -0.2) is 0 Å². The van der Waals surface area contributed by atoms with E-state index >= 15 is 0 Å². The fraction of sp³-hybridized carbons (Fsp3) is 0.333. The SMILES string of the molecule is CC(CN)N(C)c1cc2ccccc2[nH]1. The molecule has 0 aliphatic carbocycles. The molecule has 1 unspecified atom stereocenters. The second-order valence-electron chi connectivity index (χ2n) is 3.94. The van der Waals surface area contributed by atoms with Gasteiger partial charge in [-0.2, -0.15) is 0 Å². The van der Waals surface area contributed by atoms with Gasteiger partial charge in [-0.1, -0.05) is 18.2 Å². The molecule has 3 heteroatoms. The summed E-state index contributed by atoms with van der Waals surface area (Å²) in [6, 6.07) is 10.8. The molecule has 15 heavy (non-hydrogen) atoms. The summed E-state index contributed by atoms with van der Waals surface area (Å²) >= 11 is 0. The van der Waals surface area contributed by atoms with Crippen LogP contribution in [0, 0.1) is 0 Å². The average Bonchev–Trinajstić information content (AvgIpc) is 2.70. The van der Waals surface area contributed by atoms with E-state index in [1.807, 2.05) is 12.1 Å². The zero-order chi connectivity index (χ0) is 10.8. The van der Waals surface area contributed by atoms with Crippen molar-refractivity contribution in [3.8, 4) is 0 Å². The molecule has 3 nitrogen and oxygen atoms in total. The van der Waals surface area contributed by atoms with Crippen LogP contribution in [0.4, 0.5) is 5.82 Å². The number of hydrogen-bond acceptors (Lipinski definition) is 2. The quantitative estimate of drug-likeness (QED) is 0.801. The number of rotatable bonds is 3. The number of para-hydroxylation sites is 1. The average molecular weight is 203 g/mol. The Kier molecular flexibility index (Phi) is 2.64. The van der Waals surface area contributed by atoms with Crippen LogP contribution in [0.5, 0.6) is 0 Å². The number of likely N-dealkylation sites (N-methyl/N-ethyl adjacent to an activating group) is 1. The molecule has 2 rings (SSSR count). The van der Waals surface area contributed by atoms with Crippen molar-refractivity contribution in [3.05, 3.63) is 30.3 Å². The van der Waals surface area contributed by atoms with E-state index < -0.39 is 0 Å². The van der Waals surface area contributed by atoms with Crippen LogP contribution in [0.15, 0.2) is 30.3 Å². The van der Waals surface area contributed by atoms with Crippen molar-refractivity contribution in [2.24, 2.45) is 5.73 Å². The van der Waals surface area contributed by atoms with Crippen molar-refractivity contribution in [3.63, 3.8) is 0 Å². The molecule has 3 N–H and O–H groups in total. The van der Waals surface area contributed by atoms with Crippen molar-refractivity contribution in [1.29, 1.82) is 0 Å². The molecule has 1 aromatic carbocycles. The Balaban J connectivity index is 2.36. The van der Waals surface area contributed by atoms with Gasteiger partial charge < -0.3 is 15.6 Å². The predicted octanol–water partition coefficient (Wildman–Crippen LogP) is 1.95. The number of fused-ring (bicyclic) bond motifs is 1. The van der Waals surface area contributed by atoms with E-state index in [1.165, 1.54) is 10.9 Å². The predicted molar refractivity (Wildman–Crippen MR) is 65.2 cm³/mol.